The SMILES string of the molecule is C[C@@H]1CN(c2cc(F)c(-c3cnc(N4CCOCC4)c(C#N)c3)c(F)c2NC(=O)c2cc(C(F)(F)F)cc(=O)[nH]2)C[C@H](C)N1C. The molecule has 2 aliphatic heterocycles. The van der Waals surface area contributed by atoms with Crippen molar-refractivity contribution in [2.75, 3.05) is 61.6 Å². The Morgan fingerprint density at radius 2 is 1.76 bits per heavy atom. The summed E-state index contributed by atoms with van der Waals surface area (Å²) in [7, 11) is 1.91. The van der Waals surface area contributed by atoms with Gasteiger partial charge in [-0.1, -0.05) is 0 Å². The highest BCUT2D eigenvalue weighted by atomic mass is 19.4. The number of benzene rings is 1. The van der Waals surface area contributed by atoms with Crippen LogP contribution in [-0.2, 0) is 10.9 Å². The van der Waals surface area contributed by atoms with Crippen LogP contribution in [0, 0.1) is 23.0 Å². The number of carbonyl (C=O) groups excluding carboxylic acids is 1. The van der Waals surface area contributed by atoms with E-state index in [1.54, 1.807) is 4.90 Å². The van der Waals surface area contributed by atoms with Gasteiger partial charge in [-0.2, -0.15) is 18.4 Å². The minimum absolute atomic E-state index is 0.0402. The van der Waals surface area contributed by atoms with E-state index in [1.165, 1.54) is 12.3 Å². The molecule has 0 spiro atoms. The number of anilines is 3. The number of nitrogens with one attached hydrogen (secondary N) is 2. The number of morpholine rings is 1. The summed E-state index contributed by atoms with van der Waals surface area (Å²) in [5.74, 6) is -3.15. The Morgan fingerprint density at radius 1 is 1.09 bits per heavy atom. The molecular formula is C30H30F5N7O3. The number of amides is 1. The third kappa shape index (κ3) is 6.47. The Morgan fingerprint density at radius 3 is 2.38 bits per heavy atom. The number of alkyl halides is 3. The second-order valence-corrected chi connectivity index (χ2v) is 11.1. The van der Waals surface area contributed by atoms with Crippen molar-refractivity contribution in [1.29, 1.82) is 5.26 Å². The van der Waals surface area contributed by atoms with Crippen LogP contribution in [0.1, 0.15) is 35.5 Å². The van der Waals surface area contributed by atoms with Crippen LogP contribution in [0.3, 0.4) is 0 Å². The predicted molar refractivity (Wildman–Crippen MR) is 156 cm³/mol. The Kier molecular flexibility index (Phi) is 8.81. The molecule has 4 heterocycles. The van der Waals surface area contributed by atoms with Crippen LogP contribution in [0.4, 0.5) is 39.1 Å². The standard InChI is InChI=1S/C30H30F5N7O3/c1-16-14-42(15-17(2)40(16)3)23-11-21(31)25(19-8-18(12-36)28(37-13-19)41-4-6-45-7-5-41)26(32)27(23)39-29(44)22-9-20(30(33,34)35)10-24(43)38-22/h8-11,13,16-17H,4-7,14-15H2,1-3H3,(H,38,43)(H,39,44)/t16-,17+. The Bertz CT molecular complexity index is 1700. The van der Waals surface area contributed by atoms with Gasteiger partial charge in [0.2, 0.25) is 5.56 Å². The van der Waals surface area contributed by atoms with Crippen molar-refractivity contribution in [1.82, 2.24) is 14.9 Å². The number of hydrogen-bond acceptors (Lipinski definition) is 8. The summed E-state index contributed by atoms with van der Waals surface area (Å²) in [5.41, 5.74) is -4.49. The number of ether oxygens (including phenoxy) is 1. The Labute approximate surface area is 255 Å². The molecule has 2 N–H and O–H groups in total. The van der Waals surface area contributed by atoms with Crippen LogP contribution in [0.15, 0.2) is 35.3 Å². The summed E-state index contributed by atoms with van der Waals surface area (Å²) >= 11 is 0. The van der Waals surface area contributed by atoms with Crippen LogP contribution in [0.25, 0.3) is 11.1 Å². The van der Waals surface area contributed by atoms with Gasteiger partial charge in [0.05, 0.1) is 35.6 Å². The Balaban J connectivity index is 1.62. The average molecular weight is 632 g/mol. The van der Waals surface area contributed by atoms with Gasteiger partial charge < -0.3 is 24.8 Å². The van der Waals surface area contributed by atoms with Crippen LogP contribution in [0.5, 0.6) is 0 Å². The van der Waals surface area contributed by atoms with E-state index >= 15 is 8.78 Å². The third-order valence-corrected chi connectivity index (χ3v) is 8.14. The number of rotatable bonds is 5. The minimum Gasteiger partial charge on any atom is -0.378 e. The number of H-pyrrole nitrogens is 1. The number of piperazine rings is 1. The molecule has 1 aromatic carbocycles. The van der Waals surface area contributed by atoms with Crippen LogP contribution >= 0.6 is 0 Å². The molecule has 3 aromatic rings. The molecule has 45 heavy (non-hydrogen) atoms. The topological polar surface area (TPSA) is 118 Å². The van der Waals surface area contributed by atoms with E-state index in [0.29, 0.717) is 57.3 Å². The lowest BCUT2D eigenvalue weighted by Gasteiger charge is -2.44. The zero-order chi connectivity index (χ0) is 32.6. The maximum Gasteiger partial charge on any atom is 0.416 e. The third-order valence-electron chi connectivity index (χ3n) is 8.14. The van der Waals surface area contributed by atoms with Crippen molar-refractivity contribution in [3.63, 3.8) is 0 Å². The number of aromatic nitrogens is 2. The fourth-order valence-electron chi connectivity index (χ4n) is 5.55. The van der Waals surface area contributed by atoms with E-state index in [0.717, 1.165) is 6.07 Å². The van der Waals surface area contributed by atoms with Crippen molar-refractivity contribution >= 4 is 23.1 Å². The van der Waals surface area contributed by atoms with E-state index in [-0.39, 0.29) is 28.9 Å². The first-order valence-corrected chi connectivity index (χ1v) is 14.1. The maximum absolute atomic E-state index is 16.5. The van der Waals surface area contributed by atoms with Gasteiger partial charge in [0.15, 0.2) is 5.82 Å². The largest absolute Gasteiger partial charge is 0.416 e. The predicted octanol–water partition coefficient (Wildman–Crippen LogP) is 4.22. The van der Waals surface area contributed by atoms with Crippen molar-refractivity contribution in [3.8, 4) is 17.2 Å². The molecule has 2 fully saturated rings. The van der Waals surface area contributed by atoms with Crippen molar-refractivity contribution in [2.45, 2.75) is 32.1 Å². The van der Waals surface area contributed by atoms with Crippen LogP contribution in [-0.4, -0.2) is 79.3 Å². The van der Waals surface area contributed by atoms with E-state index in [2.05, 4.69) is 15.2 Å². The lowest BCUT2D eigenvalue weighted by atomic mass is 10.0. The number of pyridine rings is 2. The van der Waals surface area contributed by atoms with E-state index in [1.807, 2.05) is 36.8 Å². The summed E-state index contributed by atoms with van der Waals surface area (Å²) in [6.45, 7) is 6.24. The van der Waals surface area contributed by atoms with Crippen LogP contribution in [0.2, 0.25) is 0 Å². The van der Waals surface area contributed by atoms with Crippen LogP contribution < -0.4 is 20.7 Å². The average Bonchev–Trinajstić information content (AvgIpc) is 3.00. The molecule has 10 nitrogen and oxygen atoms in total. The molecule has 15 heteroatoms. The molecule has 2 atom stereocenters. The lowest BCUT2D eigenvalue weighted by Crippen LogP contribution is -2.55. The monoisotopic (exact) mass is 631 g/mol. The van der Waals surface area contributed by atoms with E-state index in [4.69, 9.17) is 4.74 Å². The number of carbonyl (C=O) groups is 1. The number of nitriles is 1. The summed E-state index contributed by atoms with van der Waals surface area (Å²) in [5, 5.41) is 12.1. The number of nitrogens with zero attached hydrogens (tertiary/aromatic N) is 5. The van der Waals surface area contributed by atoms with E-state index in [9.17, 15) is 28.0 Å². The number of aromatic amines is 1. The molecule has 238 valence electrons. The molecule has 0 saturated carbocycles. The normalized spacial score (nSPS) is 19.4. The highest BCUT2D eigenvalue weighted by molar-refractivity contribution is 6.05. The van der Waals surface area contributed by atoms with Gasteiger partial charge in [-0.15, -0.1) is 0 Å². The van der Waals surface area contributed by atoms with Crippen molar-refractivity contribution in [2.24, 2.45) is 0 Å². The van der Waals surface area contributed by atoms with Crippen molar-refractivity contribution in [3.05, 3.63) is 69.3 Å². The van der Waals surface area contributed by atoms with Gasteiger partial charge >= 0.3 is 6.18 Å². The first-order chi connectivity index (χ1) is 21.3. The zero-order valence-corrected chi connectivity index (χ0v) is 24.6. The van der Waals surface area contributed by atoms with Gasteiger partial charge in [-0.25, -0.2) is 13.8 Å². The highest BCUT2D eigenvalue weighted by Gasteiger charge is 2.34. The second-order valence-electron chi connectivity index (χ2n) is 11.1. The van der Waals surface area contributed by atoms with Gasteiger partial charge in [-0.05, 0) is 33.0 Å². The second kappa shape index (κ2) is 12.4. The number of halogens is 5. The first-order valence-electron chi connectivity index (χ1n) is 14.1. The van der Waals surface area contributed by atoms with Gasteiger partial charge in [0.1, 0.15) is 29.1 Å². The fraction of sp³-hybridized carbons (Fsp3) is 0.400. The summed E-state index contributed by atoms with van der Waals surface area (Å²) in [4.78, 5) is 37.2. The summed E-state index contributed by atoms with van der Waals surface area (Å²) in [6.07, 6.45) is -3.71. The molecule has 0 unspecified atom stereocenters. The molecule has 2 saturated heterocycles. The quantitative estimate of drug-likeness (QED) is 0.402. The molecule has 5 rings (SSSR count). The number of likely N-dealkylation sites (N-methyl/N-ethyl adjacent to an activating group) is 1. The highest BCUT2D eigenvalue weighted by Crippen LogP contribution is 2.40. The smallest absolute Gasteiger partial charge is 0.378 e. The fourth-order valence-corrected chi connectivity index (χ4v) is 5.55. The maximum atomic E-state index is 16.5. The Hall–Kier alpha value is -4.55. The number of hydrogen-bond donors (Lipinski definition) is 2. The molecule has 2 aromatic heterocycles. The van der Waals surface area contributed by atoms with Gasteiger partial charge in [-0.3, -0.25) is 14.5 Å². The minimum atomic E-state index is -4.92. The van der Waals surface area contributed by atoms with Crippen molar-refractivity contribution < 1.29 is 31.5 Å². The molecule has 1 amide bonds. The molecule has 0 bridgehead atoms. The summed E-state index contributed by atoms with van der Waals surface area (Å²) < 4.78 is 77.9. The summed E-state index contributed by atoms with van der Waals surface area (Å²) in [6, 6.07) is 4.96. The molecule has 0 aliphatic carbocycles. The van der Waals surface area contributed by atoms with Gasteiger partial charge in [0.25, 0.3) is 5.91 Å². The lowest BCUT2D eigenvalue weighted by molar-refractivity contribution is -0.137. The molecule has 2 aliphatic rings. The first kappa shape index (κ1) is 31.9. The van der Waals surface area contributed by atoms with Gasteiger partial charge in [0, 0.05) is 62.2 Å². The molecule has 0 radical (unpaired) electrons. The zero-order valence-electron chi connectivity index (χ0n) is 24.6. The van der Waals surface area contributed by atoms with E-state index < -0.39 is 51.8 Å². The molecular weight excluding hydrogens is 601 g/mol.